The summed E-state index contributed by atoms with van der Waals surface area (Å²) in [6.07, 6.45) is 1.63. The lowest BCUT2D eigenvalue weighted by atomic mass is 10.1. The molecule has 4 N–H and O–H groups in total. The van der Waals surface area contributed by atoms with Crippen LogP contribution in [0.5, 0.6) is 5.75 Å². The SMILES string of the molecule is CCN(CC)CCOc1cccc(-c2cnc(N)nc2Nc2[nH]nc3cccc(F)c23)c1. The van der Waals surface area contributed by atoms with E-state index in [-0.39, 0.29) is 11.8 Å². The van der Waals surface area contributed by atoms with Crippen molar-refractivity contribution in [1.29, 1.82) is 0 Å². The maximum atomic E-state index is 14.4. The molecule has 4 rings (SSSR count). The molecule has 0 unspecified atom stereocenters. The monoisotopic (exact) mass is 435 g/mol. The van der Waals surface area contributed by atoms with Crippen molar-refractivity contribution >= 4 is 28.5 Å². The van der Waals surface area contributed by atoms with Gasteiger partial charge in [-0.2, -0.15) is 10.1 Å². The maximum Gasteiger partial charge on any atom is 0.221 e. The molecule has 0 aliphatic rings. The first-order chi connectivity index (χ1) is 15.6. The summed E-state index contributed by atoms with van der Waals surface area (Å²) in [5.74, 6) is 1.30. The van der Waals surface area contributed by atoms with Crippen LogP contribution in [-0.2, 0) is 0 Å². The number of ether oxygens (including phenoxy) is 1. The molecule has 0 bridgehead atoms. The minimum absolute atomic E-state index is 0.104. The van der Waals surface area contributed by atoms with Gasteiger partial charge in [0, 0.05) is 18.3 Å². The summed E-state index contributed by atoms with van der Waals surface area (Å²) in [7, 11) is 0. The number of aromatic amines is 1. The Morgan fingerprint density at radius 2 is 1.97 bits per heavy atom. The lowest BCUT2D eigenvalue weighted by molar-refractivity contribution is 0.223. The van der Waals surface area contributed by atoms with E-state index in [2.05, 4.69) is 44.2 Å². The van der Waals surface area contributed by atoms with E-state index in [0.717, 1.165) is 30.9 Å². The number of halogens is 1. The van der Waals surface area contributed by atoms with Gasteiger partial charge in [-0.25, -0.2) is 9.37 Å². The fourth-order valence-corrected chi connectivity index (χ4v) is 3.52. The van der Waals surface area contributed by atoms with Crippen LogP contribution in [0.4, 0.5) is 22.0 Å². The van der Waals surface area contributed by atoms with E-state index in [4.69, 9.17) is 10.5 Å². The second kappa shape index (κ2) is 9.61. The number of nitrogen functional groups attached to an aromatic ring is 1. The van der Waals surface area contributed by atoms with Crippen molar-refractivity contribution in [2.75, 3.05) is 37.3 Å². The fourth-order valence-electron chi connectivity index (χ4n) is 3.52. The van der Waals surface area contributed by atoms with Gasteiger partial charge in [-0.3, -0.25) is 5.10 Å². The van der Waals surface area contributed by atoms with Gasteiger partial charge in [0.15, 0.2) is 0 Å². The molecule has 32 heavy (non-hydrogen) atoms. The Morgan fingerprint density at radius 3 is 2.78 bits per heavy atom. The average molecular weight is 436 g/mol. The predicted molar refractivity (Wildman–Crippen MR) is 124 cm³/mol. The van der Waals surface area contributed by atoms with Crippen molar-refractivity contribution in [2.24, 2.45) is 0 Å². The highest BCUT2D eigenvalue weighted by molar-refractivity contribution is 5.93. The number of benzene rings is 2. The van der Waals surface area contributed by atoms with Gasteiger partial charge in [0.2, 0.25) is 5.95 Å². The molecule has 0 aliphatic carbocycles. The Balaban J connectivity index is 1.61. The number of H-pyrrole nitrogens is 1. The summed E-state index contributed by atoms with van der Waals surface area (Å²) in [6, 6.07) is 12.4. The summed E-state index contributed by atoms with van der Waals surface area (Å²) >= 11 is 0. The van der Waals surface area contributed by atoms with E-state index in [9.17, 15) is 4.39 Å². The summed E-state index contributed by atoms with van der Waals surface area (Å²) < 4.78 is 20.3. The Morgan fingerprint density at radius 1 is 1.16 bits per heavy atom. The molecule has 0 amide bonds. The Labute approximate surface area is 185 Å². The van der Waals surface area contributed by atoms with Crippen LogP contribution in [0.15, 0.2) is 48.7 Å². The van der Waals surface area contributed by atoms with Crippen molar-refractivity contribution in [3.63, 3.8) is 0 Å². The van der Waals surface area contributed by atoms with E-state index in [1.54, 1.807) is 18.3 Å². The summed E-state index contributed by atoms with van der Waals surface area (Å²) in [5.41, 5.74) is 7.90. The van der Waals surface area contributed by atoms with Crippen molar-refractivity contribution in [3.05, 3.63) is 54.5 Å². The van der Waals surface area contributed by atoms with Crippen LogP contribution in [0, 0.1) is 5.82 Å². The number of fused-ring (bicyclic) bond motifs is 1. The number of aromatic nitrogens is 4. The smallest absolute Gasteiger partial charge is 0.221 e. The highest BCUT2D eigenvalue weighted by atomic mass is 19.1. The Bertz CT molecular complexity index is 1210. The molecule has 9 heteroatoms. The third-order valence-corrected chi connectivity index (χ3v) is 5.30. The molecule has 0 saturated heterocycles. The van der Waals surface area contributed by atoms with Crippen LogP contribution in [0.3, 0.4) is 0 Å². The van der Waals surface area contributed by atoms with Crippen molar-refractivity contribution in [1.82, 2.24) is 25.1 Å². The van der Waals surface area contributed by atoms with E-state index in [1.807, 2.05) is 24.3 Å². The number of rotatable bonds is 9. The molecular formula is C23H26FN7O. The van der Waals surface area contributed by atoms with E-state index in [0.29, 0.717) is 34.7 Å². The molecular weight excluding hydrogens is 409 g/mol. The summed E-state index contributed by atoms with van der Waals surface area (Å²) in [5, 5.41) is 10.5. The van der Waals surface area contributed by atoms with E-state index < -0.39 is 0 Å². The topological polar surface area (TPSA) is 105 Å². The Hall–Kier alpha value is -3.72. The highest BCUT2D eigenvalue weighted by Crippen LogP contribution is 2.33. The van der Waals surface area contributed by atoms with Crippen LogP contribution >= 0.6 is 0 Å². The van der Waals surface area contributed by atoms with Crippen molar-refractivity contribution in [2.45, 2.75) is 13.8 Å². The molecule has 2 aromatic heterocycles. The van der Waals surface area contributed by atoms with Crippen LogP contribution < -0.4 is 15.8 Å². The van der Waals surface area contributed by atoms with Gasteiger partial charge in [-0.15, -0.1) is 0 Å². The zero-order valence-electron chi connectivity index (χ0n) is 18.1. The second-order valence-electron chi connectivity index (χ2n) is 7.25. The third kappa shape index (κ3) is 4.62. The maximum absolute atomic E-state index is 14.4. The molecule has 2 aromatic carbocycles. The van der Waals surface area contributed by atoms with Gasteiger partial charge >= 0.3 is 0 Å². The molecule has 4 aromatic rings. The molecule has 0 fully saturated rings. The second-order valence-corrected chi connectivity index (χ2v) is 7.25. The van der Waals surface area contributed by atoms with Crippen LogP contribution in [0.2, 0.25) is 0 Å². The lowest BCUT2D eigenvalue weighted by Crippen LogP contribution is -2.27. The predicted octanol–water partition coefficient (Wildman–Crippen LogP) is 4.21. The number of nitrogens with two attached hydrogens (primary N) is 1. The average Bonchev–Trinajstić information content (AvgIpc) is 3.21. The highest BCUT2D eigenvalue weighted by Gasteiger charge is 2.15. The van der Waals surface area contributed by atoms with Crippen molar-refractivity contribution < 1.29 is 9.13 Å². The van der Waals surface area contributed by atoms with Crippen LogP contribution in [0.25, 0.3) is 22.0 Å². The zero-order chi connectivity index (χ0) is 22.5. The molecule has 0 saturated carbocycles. The number of hydrogen-bond acceptors (Lipinski definition) is 7. The van der Waals surface area contributed by atoms with E-state index in [1.165, 1.54) is 6.07 Å². The van der Waals surface area contributed by atoms with E-state index >= 15 is 0 Å². The molecule has 0 atom stereocenters. The van der Waals surface area contributed by atoms with Crippen molar-refractivity contribution in [3.8, 4) is 16.9 Å². The quantitative estimate of drug-likeness (QED) is 0.362. The molecule has 0 spiro atoms. The first-order valence-electron chi connectivity index (χ1n) is 10.6. The lowest BCUT2D eigenvalue weighted by Gasteiger charge is -2.18. The molecule has 0 aliphatic heterocycles. The normalized spacial score (nSPS) is 11.2. The van der Waals surface area contributed by atoms with Crippen LogP contribution in [0.1, 0.15) is 13.8 Å². The minimum Gasteiger partial charge on any atom is -0.492 e. The van der Waals surface area contributed by atoms with Crippen LogP contribution in [-0.4, -0.2) is 51.3 Å². The number of nitrogens with zero attached hydrogens (tertiary/aromatic N) is 4. The molecule has 8 nitrogen and oxygen atoms in total. The Kier molecular flexibility index (Phi) is 6.46. The van der Waals surface area contributed by atoms with Gasteiger partial charge in [-0.05, 0) is 42.9 Å². The molecule has 2 heterocycles. The number of likely N-dealkylation sites (N-methyl/N-ethyl adjacent to an activating group) is 1. The number of hydrogen-bond donors (Lipinski definition) is 3. The summed E-state index contributed by atoms with van der Waals surface area (Å²) in [6.45, 7) is 7.69. The molecule has 166 valence electrons. The summed E-state index contributed by atoms with van der Waals surface area (Å²) in [4.78, 5) is 10.8. The van der Waals surface area contributed by atoms with Gasteiger partial charge in [0.05, 0.1) is 10.9 Å². The number of anilines is 3. The van der Waals surface area contributed by atoms with Gasteiger partial charge in [0.1, 0.15) is 29.8 Å². The largest absolute Gasteiger partial charge is 0.492 e. The standard InChI is InChI=1S/C23H26FN7O/c1-3-31(4-2)11-12-32-16-8-5-7-15(13-16)17-14-26-23(25)28-21(17)27-22-20-18(24)9-6-10-19(20)29-30-22/h5-10,13-14H,3-4,11-12H2,1-2H3,(H4,25,26,27,28,29,30). The van der Waals surface area contributed by atoms with Gasteiger partial charge < -0.3 is 20.7 Å². The molecule has 0 radical (unpaired) electrons. The first kappa shape index (κ1) is 21.5. The zero-order valence-corrected chi connectivity index (χ0v) is 18.1. The third-order valence-electron chi connectivity index (χ3n) is 5.30. The number of nitrogens with one attached hydrogen (secondary N) is 2. The van der Waals surface area contributed by atoms with Gasteiger partial charge in [0.25, 0.3) is 0 Å². The fraction of sp³-hybridized carbons (Fsp3) is 0.261. The van der Waals surface area contributed by atoms with Gasteiger partial charge in [-0.1, -0.05) is 32.0 Å². The first-order valence-corrected chi connectivity index (χ1v) is 10.6. The minimum atomic E-state index is -0.383.